The third-order valence-corrected chi connectivity index (χ3v) is 4.27. The van der Waals surface area contributed by atoms with Gasteiger partial charge in [0.05, 0.1) is 5.02 Å². The van der Waals surface area contributed by atoms with Gasteiger partial charge in [0, 0.05) is 25.3 Å². The van der Waals surface area contributed by atoms with E-state index in [9.17, 15) is 0 Å². The third-order valence-electron chi connectivity index (χ3n) is 3.93. The summed E-state index contributed by atoms with van der Waals surface area (Å²) in [4.78, 5) is 6.96. The van der Waals surface area contributed by atoms with Gasteiger partial charge in [-0.25, -0.2) is 4.98 Å². The number of nitrogens with one attached hydrogen (secondary N) is 1. The molecule has 1 N–H and O–H groups in total. The zero-order valence-corrected chi connectivity index (χ0v) is 13.6. The van der Waals surface area contributed by atoms with Gasteiger partial charge in [0.2, 0.25) is 0 Å². The van der Waals surface area contributed by atoms with Crippen LogP contribution < -0.4 is 10.2 Å². The van der Waals surface area contributed by atoms with Crippen LogP contribution >= 0.6 is 11.6 Å². The van der Waals surface area contributed by atoms with Crippen LogP contribution in [0.1, 0.15) is 45.6 Å². The molecule has 0 aromatic carbocycles. The van der Waals surface area contributed by atoms with Crippen LogP contribution in [0.2, 0.25) is 5.02 Å². The maximum Gasteiger partial charge on any atom is 0.129 e. The van der Waals surface area contributed by atoms with Crippen LogP contribution in [0.15, 0.2) is 12.3 Å². The molecule has 1 saturated heterocycles. The lowest BCUT2D eigenvalue weighted by Crippen LogP contribution is -2.29. The summed E-state index contributed by atoms with van der Waals surface area (Å²) in [5, 5.41) is 4.22. The first kappa shape index (κ1) is 15.6. The summed E-state index contributed by atoms with van der Waals surface area (Å²) in [6.07, 6.45) is 5.53. The molecule has 1 atom stereocenters. The first-order valence-corrected chi connectivity index (χ1v) is 8.11. The molecule has 2 heterocycles. The molecular weight excluding hydrogens is 270 g/mol. The highest BCUT2D eigenvalue weighted by molar-refractivity contribution is 6.31. The van der Waals surface area contributed by atoms with Gasteiger partial charge in [-0.15, -0.1) is 0 Å². The molecule has 1 unspecified atom stereocenters. The van der Waals surface area contributed by atoms with Crippen molar-refractivity contribution in [2.24, 2.45) is 5.92 Å². The third kappa shape index (κ3) is 3.86. The zero-order valence-electron chi connectivity index (χ0n) is 12.8. The molecule has 0 aliphatic carbocycles. The summed E-state index contributed by atoms with van der Waals surface area (Å²) in [6, 6.07) is 2.80. The maximum absolute atomic E-state index is 6.27. The molecular formula is C16H26ClN3. The summed E-state index contributed by atoms with van der Waals surface area (Å²) in [6.45, 7) is 9.62. The van der Waals surface area contributed by atoms with E-state index in [0.29, 0.717) is 12.0 Å². The number of aromatic nitrogens is 1. The smallest absolute Gasteiger partial charge is 0.129 e. The minimum atomic E-state index is 0.639. The van der Waals surface area contributed by atoms with Gasteiger partial charge < -0.3 is 10.2 Å². The molecule has 1 fully saturated rings. The monoisotopic (exact) mass is 295 g/mol. The Morgan fingerprint density at radius 3 is 3.00 bits per heavy atom. The van der Waals surface area contributed by atoms with E-state index in [1.54, 1.807) is 6.20 Å². The second-order valence-corrected chi connectivity index (χ2v) is 6.46. The summed E-state index contributed by atoms with van der Waals surface area (Å²) >= 11 is 6.27. The molecule has 112 valence electrons. The van der Waals surface area contributed by atoms with E-state index in [2.05, 4.69) is 42.0 Å². The van der Waals surface area contributed by atoms with Crippen molar-refractivity contribution in [3.8, 4) is 0 Å². The van der Waals surface area contributed by atoms with E-state index in [-0.39, 0.29) is 0 Å². The molecule has 1 aromatic rings. The van der Waals surface area contributed by atoms with E-state index in [4.69, 9.17) is 11.6 Å². The van der Waals surface area contributed by atoms with Crippen molar-refractivity contribution in [2.45, 2.75) is 52.6 Å². The molecule has 1 aromatic heterocycles. The van der Waals surface area contributed by atoms with Crippen LogP contribution in [0.5, 0.6) is 0 Å². The number of nitrogens with zero attached hydrogens (tertiary/aromatic N) is 2. The fraction of sp³-hybridized carbons (Fsp3) is 0.688. The summed E-state index contributed by atoms with van der Waals surface area (Å²) in [5.74, 6) is 1.73. The Labute approximate surface area is 127 Å². The normalized spacial score (nSPS) is 19.1. The predicted octanol–water partition coefficient (Wildman–Crippen LogP) is 3.86. The summed E-state index contributed by atoms with van der Waals surface area (Å²) in [7, 11) is 0. The van der Waals surface area contributed by atoms with Crippen molar-refractivity contribution in [3.05, 3.63) is 22.8 Å². The maximum atomic E-state index is 6.27. The fourth-order valence-electron chi connectivity index (χ4n) is 2.82. The summed E-state index contributed by atoms with van der Waals surface area (Å²) < 4.78 is 0. The van der Waals surface area contributed by atoms with E-state index in [1.165, 1.54) is 19.3 Å². The van der Waals surface area contributed by atoms with Crippen molar-refractivity contribution < 1.29 is 0 Å². The average Bonchev–Trinajstić information content (AvgIpc) is 2.89. The standard InChI is InChI=1S/C16H26ClN3/c1-4-14-6-5-7-20(14)16-8-13(15(17)11-19-16)10-18-9-12(2)3/h8,11-12,14,18H,4-7,9-10H2,1-3H3. The van der Waals surface area contributed by atoms with Crippen LogP contribution in [-0.4, -0.2) is 24.1 Å². The Morgan fingerprint density at radius 2 is 2.30 bits per heavy atom. The number of hydrogen-bond donors (Lipinski definition) is 1. The molecule has 2 rings (SSSR count). The van der Waals surface area contributed by atoms with Crippen LogP contribution in [0, 0.1) is 5.92 Å². The molecule has 0 bridgehead atoms. The minimum absolute atomic E-state index is 0.639. The molecule has 1 aliphatic heterocycles. The quantitative estimate of drug-likeness (QED) is 0.864. The van der Waals surface area contributed by atoms with Crippen LogP contribution in [0.3, 0.4) is 0 Å². The molecule has 0 saturated carbocycles. The second kappa shape index (κ2) is 7.28. The Balaban J connectivity index is 2.07. The highest BCUT2D eigenvalue weighted by atomic mass is 35.5. The van der Waals surface area contributed by atoms with Crippen LogP contribution in [-0.2, 0) is 6.54 Å². The first-order valence-electron chi connectivity index (χ1n) is 7.73. The van der Waals surface area contributed by atoms with Crippen molar-refractivity contribution >= 4 is 17.4 Å². The molecule has 0 amide bonds. The van der Waals surface area contributed by atoms with Gasteiger partial charge in [-0.3, -0.25) is 0 Å². The van der Waals surface area contributed by atoms with Gasteiger partial charge in [0.25, 0.3) is 0 Å². The van der Waals surface area contributed by atoms with Gasteiger partial charge in [-0.2, -0.15) is 0 Å². The highest BCUT2D eigenvalue weighted by Crippen LogP contribution is 2.28. The fourth-order valence-corrected chi connectivity index (χ4v) is 2.99. The zero-order chi connectivity index (χ0) is 14.5. The highest BCUT2D eigenvalue weighted by Gasteiger charge is 2.24. The topological polar surface area (TPSA) is 28.2 Å². The lowest BCUT2D eigenvalue weighted by Gasteiger charge is -2.25. The summed E-state index contributed by atoms with van der Waals surface area (Å²) in [5.41, 5.74) is 1.15. The number of anilines is 1. The lowest BCUT2D eigenvalue weighted by molar-refractivity contribution is 0.552. The van der Waals surface area contributed by atoms with Gasteiger partial charge in [-0.05, 0) is 43.4 Å². The lowest BCUT2D eigenvalue weighted by atomic mass is 10.1. The minimum Gasteiger partial charge on any atom is -0.354 e. The van der Waals surface area contributed by atoms with Gasteiger partial charge in [0.15, 0.2) is 0 Å². The molecule has 3 nitrogen and oxygen atoms in total. The Kier molecular flexibility index (Phi) is 5.67. The Hall–Kier alpha value is -0.800. The average molecular weight is 296 g/mol. The molecule has 1 aliphatic rings. The van der Waals surface area contributed by atoms with Gasteiger partial charge >= 0.3 is 0 Å². The van der Waals surface area contributed by atoms with Crippen LogP contribution in [0.25, 0.3) is 0 Å². The molecule has 20 heavy (non-hydrogen) atoms. The SMILES string of the molecule is CCC1CCCN1c1cc(CNCC(C)C)c(Cl)cn1. The van der Waals surface area contributed by atoms with Crippen molar-refractivity contribution in [1.29, 1.82) is 0 Å². The van der Waals surface area contributed by atoms with Crippen molar-refractivity contribution in [3.63, 3.8) is 0 Å². The van der Waals surface area contributed by atoms with E-state index in [0.717, 1.165) is 36.0 Å². The van der Waals surface area contributed by atoms with Crippen molar-refractivity contribution in [1.82, 2.24) is 10.3 Å². The Morgan fingerprint density at radius 1 is 1.50 bits per heavy atom. The molecule has 4 heteroatoms. The van der Waals surface area contributed by atoms with Crippen LogP contribution in [0.4, 0.5) is 5.82 Å². The number of hydrogen-bond acceptors (Lipinski definition) is 3. The van der Waals surface area contributed by atoms with E-state index in [1.807, 2.05) is 0 Å². The molecule has 0 radical (unpaired) electrons. The second-order valence-electron chi connectivity index (χ2n) is 6.06. The van der Waals surface area contributed by atoms with E-state index >= 15 is 0 Å². The van der Waals surface area contributed by atoms with E-state index < -0.39 is 0 Å². The largest absolute Gasteiger partial charge is 0.354 e. The number of pyridine rings is 1. The number of halogens is 1. The first-order chi connectivity index (χ1) is 9.61. The van der Waals surface area contributed by atoms with Gasteiger partial charge in [-0.1, -0.05) is 32.4 Å². The molecule has 0 spiro atoms. The Bertz CT molecular complexity index is 434. The predicted molar refractivity (Wildman–Crippen MR) is 86.5 cm³/mol. The van der Waals surface area contributed by atoms with Crippen molar-refractivity contribution in [2.75, 3.05) is 18.0 Å². The van der Waals surface area contributed by atoms with Gasteiger partial charge in [0.1, 0.15) is 5.82 Å². The number of rotatable bonds is 6.